The summed E-state index contributed by atoms with van der Waals surface area (Å²) in [6.45, 7) is 8.34. The second-order valence-corrected chi connectivity index (χ2v) is 4.72. The largest absolute Gasteiger partial charge is 0.393 e. The molecule has 0 amide bonds. The molecule has 1 aliphatic heterocycles. The molecule has 1 rings (SSSR count). The van der Waals surface area contributed by atoms with Gasteiger partial charge in [0.15, 0.2) is 0 Å². The Labute approximate surface area is 81.3 Å². The van der Waals surface area contributed by atoms with Gasteiger partial charge in [0.25, 0.3) is 0 Å². The zero-order valence-corrected chi connectivity index (χ0v) is 9.16. The van der Waals surface area contributed by atoms with E-state index < -0.39 is 0 Å². The average molecular weight is 186 g/mol. The lowest BCUT2D eigenvalue weighted by atomic mass is 9.83. The highest BCUT2D eigenvalue weighted by molar-refractivity contribution is 4.80. The van der Waals surface area contributed by atoms with Crippen molar-refractivity contribution in [2.24, 2.45) is 11.8 Å². The fourth-order valence-corrected chi connectivity index (χ4v) is 2.28. The van der Waals surface area contributed by atoms with Crippen LogP contribution in [0, 0.1) is 11.8 Å². The van der Waals surface area contributed by atoms with Gasteiger partial charge in [-0.15, -0.1) is 0 Å². The van der Waals surface area contributed by atoms with Gasteiger partial charge in [-0.05, 0) is 38.5 Å². The Kier molecular flexibility index (Phi) is 3.74. The van der Waals surface area contributed by atoms with Gasteiger partial charge in [-0.3, -0.25) is 0 Å². The van der Waals surface area contributed by atoms with Gasteiger partial charge in [0.1, 0.15) is 0 Å². The third-order valence-electron chi connectivity index (χ3n) is 2.90. The number of aliphatic hydroxyl groups is 1. The summed E-state index contributed by atoms with van der Waals surface area (Å²) in [7, 11) is 0. The molecule has 0 aromatic carbocycles. The molecule has 0 spiro atoms. The Bertz CT molecular complexity index is 146. The minimum absolute atomic E-state index is 0.159. The molecule has 0 aliphatic carbocycles. The van der Waals surface area contributed by atoms with Gasteiger partial charge in [0.05, 0.1) is 18.3 Å². The normalized spacial score (nSPS) is 37.8. The van der Waals surface area contributed by atoms with Gasteiger partial charge in [-0.25, -0.2) is 0 Å². The van der Waals surface area contributed by atoms with Crippen LogP contribution in [-0.2, 0) is 4.74 Å². The maximum atomic E-state index is 9.93. The number of hydrogen-bond donors (Lipinski definition) is 1. The number of aliphatic hydroxyl groups excluding tert-OH is 1. The van der Waals surface area contributed by atoms with E-state index in [4.69, 9.17) is 4.74 Å². The Morgan fingerprint density at radius 2 is 1.62 bits per heavy atom. The van der Waals surface area contributed by atoms with Crippen LogP contribution in [0.3, 0.4) is 0 Å². The Morgan fingerprint density at radius 1 is 1.15 bits per heavy atom. The van der Waals surface area contributed by atoms with Crippen molar-refractivity contribution in [1.29, 1.82) is 0 Å². The smallest absolute Gasteiger partial charge is 0.0593 e. The molecule has 0 saturated carbocycles. The van der Waals surface area contributed by atoms with E-state index in [9.17, 15) is 5.11 Å². The van der Waals surface area contributed by atoms with E-state index in [1.54, 1.807) is 0 Å². The van der Waals surface area contributed by atoms with Crippen molar-refractivity contribution in [1.82, 2.24) is 0 Å². The maximum Gasteiger partial charge on any atom is 0.0593 e. The molecule has 1 fully saturated rings. The van der Waals surface area contributed by atoms with Crippen molar-refractivity contribution in [3.05, 3.63) is 0 Å². The first-order valence-corrected chi connectivity index (χ1v) is 5.34. The van der Waals surface area contributed by atoms with Gasteiger partial charge in [-0.1, -0.05) is 13.8 Å². The van der Waals surface area contributed by atoms with Crippen molar-refractivity contribution in [3.63, 3.8) is 0 Å². The summed E-state index contributed by atoms with van der Waals surface area (Å²) in [5, 5.41) is 9.93. The van der Waals surface area contributed by atoms with Gasteiger partial charge in [-0.2, -0.15) is 0 Å². The van der Waals surface area contributed by atoms with Crippen LogP contribution in [0.15, 0.2) is 0 Å². The zero-order valence-electron chi connectivity index (χ0n) is 9.16. The molecule has 1 saturated heterocycles. The fourth-order valence-electron chi connectivity index (χ4n) is 2.28. The van der Waals surface area contributed by atoms with Crippen LogP contribution in [0.2, 0.25) is 0 Å². The van der Waals surface area contributed by atoms with E-state index in [-0.39, 0.29) is 6.10 Å². The molecule has 0 radical (unpaired) electrons. The third kappa shape index (κ3) is 2.96. The van der Waals surface area contributed by atoms with E-state index in [0.29, 0.717) is 24.0 Å². The van der Waals surface area contributed by atoms with Gasteiger partial charge in [0, 0.05) is 0 Å². The predicted molar refractivity (Wildman–Crippen MR) is 53.6 cm³/mol. The van der Waals surface area contributed by atoms with Gasteiger partial charge < -0.3 is 9.84 Å². The summed E-state index contributed by atoms with van der Waals surface area (Å²) in [6.07, 6.45) is 2.46. The minimum atomic E-state index is -0.159. The molecule has 2 nitrogen and oxygen atoms in total. The van der Waals surface area contributed by atoms with Crippen molar-refractivity contribution >= 4 is 0 Å². The number of hydrogen-bond acceptors (Lipinski definition) is 2. The summed E-state index contributed by atoms with van der Waals surface area (Å²) in [5.41, 5.74) is 0. The maximum absolute atomic E-state index is 9.93. The van der Waals surface area contributed by atoms with Crippen molar-refractivity contribution in [2.45, 2.75) is 58.8 Å². The first-order valence-electron chi connectivity index (χ1n) is 5.34. The van der Waals surface area contributed by atoms with Crippen molar-refractivity contribution in [2.75, 3.05) is 0 Å². The standard InChI is InChI=1S/C11H22O2/c1-7(2)11(12)10-5-8(3)13-9(4)6-10/h7-12H,5-6H2,1-4H3. The predicted octanol–water partition coefficient (Wildman–Crippen LogP) is 2.21. The summed E-state index contributed by atoms with van der Waals surface area (Å²) in [4.78, 5) is 0. The minimum Gasteiger partial charge on any atom is -0.393 e. The molecule has 1 heterocycles. The van der Waals surface area contributed by atoms with E-state index >= 15 is 0 Å². The Hall–Kier alpha value is -0.0800. The van der Waals surface area contributed by atoms with Crippen molar-refractivity contribution < 1.29 is 9.84 Å². The van der Waals surface area contributed by atoms with E-state index in [0.717, 1.165) is 12.8 Å². The van der Waals surface area contributed by atoms with Crippen LogP contribution in [0.4, 0.5) is 0 Å². The zero-order chi connectivity index (χ0) is 10.0. The van der Waals surface area contributed by atoms with E-state index in [1.807, 2.05) is 0 Å². The van der Waals surface area contributed by atoms with Crippen molar-refractivity contribution in [3.8, 4) is 0 Å². The number of rotatable bonds is 2. The fraction of sp³-hybridized carbons (Fsp3) is 1.00. The van der Waals surface area contributed by atoms with Crippen LogP contribution in [0.5, 0.6) is 0 Å². The van der Waals surface area contributed by atoms with Crippen LogP contribution < -0.4 is 0 Å². The summed E-state index contributed by atoms with van der Waals surface area (Å²) in [5.74, 6) is 0.793. The molecule has 0 aromatic heterocycles. The Balaban J connectivity index is 2.49. The lowest BCUT2D eigenvalue weighted by Gasteiger charge is -2.36. The monoisotopic (exact) mass is 186 g/mol. The summed E-state index contributed by atoms with van der Waals surface area (Å²) >= 11 is 0. The summed E-state index contributed by atoms with van der Waals surface area (Å²) in [6, 6.07) is 0. The van der Waals surface area contributed by atoms with Crippen LogP contribution >= 0.6 is 0 Å². The van der Waals surface area contributed by atoms with Crippen LogP contribution in [0.25, 0.3) is 0 Å². The first kappa shape index (κ1) is 11.0. The lowest BCUT2D eigenvalue weighted by Crippen LogP contribution is -2.37. The molecular formula is C11H22O2. The molecule has 78 valence electrons. The molecule has 13 heavy (non-hydrogen) atoms. The lowest BCUT2D eigenvalue weighted by molar-refractivity contribution is -0.0861. The molecule has 0 bridgehead atoms. The highest BCUT2D eigenvalue weighted by atomic mass is 16.5. The van der Waals surface area contributed by atoms with E-state index in [2.05, 4.69) is 27.7 Å². The molecule has 1 N–H and O–H groups in total. The molecule has 3 unspecified atom stereocenters. The summed E-state index contributed by atoms with van der Waals surface area (Å²) < 4.78 is 5.64. The highest BCUT2D eigenvalue weighted by Gasteiger charge is 2.30. The van der Waals surface area contributed by atoms with Crippen LogP contribution in [-0.4, -0.2) is 23.4 Å². The SMILES string of the molecule is CC1CC(C(O)C(C)C)CC(C)O1. The average Bonchev–Trinajstić information content (AvgIpc) is 2.01. The molecule has 1 aliphatic rings. The topological polar surface area (TPSA) is 29.5 Å². The quantitative estimate of drug-likeness (QED) is 0.716. The number of ether oxygens (including phenoxy) is 1. The molecular weight excluding hydrogens is 164 g/mol. The Morgan fingerprint density at radius 3 is 2.00 bits per heavy atom. The molecule has 2 heteroatoms. The molecule has 0 aromatic rings. The second kappa shape index (κ2) is 4.43. The van der Waals surface area contributed by atoms with E-state index in [1.165, 1.54) is 0 Å². The second-order valence-electron chi connectivity index (χ2n) is 4.72. The van der Waals surface area contributed by atoms with Crippen LogP contribution in [0.1, 0.15) is 40.5 Å². The van der Waals surface area contributed by atoms with Gasteiger partial charge >= 0.3 is 0 Å². The first-order chi connectivity index (χ1) is 6.00. The van der Waals surface area contributed by atoms with Gasteiger partial charge in [0.2, 0.25) is 0 Å². The molecule has 3 atom stereocenters. The third-order valence-corrected chi connectivity index (χ3v) is 2.90. The highest BCUT2D eigenvalue weighted by Crippen LogP contribution is 2.29.